The van der Waals surface area contributed by atoms with Gasteiger partial charge in [0.25, 0.3) is 0 Å². The number of nitrogens with one attached hydrogen (secondary N) is 1. The van der Waals surface area contributed by atoms with Crippen molar-refractivity contribution in [3.05, 3.63) is 0 Å². The largest absolute Gasteiger partial charge is 0.389 e. The van der Waals surface area contributed by atoms with Crippen molar-refractivity contribution in [2.45, 2.75) is 50.9 Å². The van der Waals surface area contributed by atoms with Gasteiger partial charge in [-0.1, -0.05) is 0 Å². The predicted molar refractivity (Wildman–Crippen MR) is 66.0 cm³/mol. The van der Waals surface area contributed by atoms with Crippen LogP contribution in [0.5, 0.6) is 0 Å². The first-order valence-electron chi connectivity index (χ1n) is 6.88. The van der Waals surface area contributed by atoms with Crippen LogP contribution in [0.4, 0.5) is 0 Å². The summed E-state index contributed by atoms with van der Waals surface area (Å²) in [6, 6.07) is 0.518. The molecular formula is C13H25NO3. The van der Waals surface area contributed by atoms with E-state index >= 15 is 0 Å². The van der Waals surface area contributed by atoms with Crippen LogP contribution in [-0.4, -0.2) is 49.7 Å². The lowest BCUT2D eigenvalue weighted by atomic mass is 9.89. The summed E-state index contributed by atoms with van der Waals surface area (Å²) in [5.74, 6) is 0.772. The third kappa shape index (κ3) is 4.92. The molecule has 2 aliphatic carbocycles. The minimum absolute atomic E-state index is 0.375. The minimum atomic E-state index is -0.375. The highest BCUT2D eigenvalue weighted by molar-refractivity contribution is 4.86. The smallest absolute Gasteiger partial charge is 0.0897 e. The van der Waals surface area contributed by atoms with Crippen LogP contribution in [0, 0.1) is 5.92 Å². The monoisotopic (exact) mass is 243 g/mol. The highest BCUT2D eigenvalue weighted by atomic mass is 16.5. The summed E-state index contributed by atoms with van der Waals surface area (Å²) in [6.45, 7) is 4.75. The van der Waals surface area contributed by atoms with E-state index in [4.69, 9.17) is 9.47 Å². The molecule has 4 nitrogen and oxygen atoms in total. The second-order valence-electron chi connectivity index (χ2n) is 5.29. The van der Waals surface area contributed by atoms with E-state index in [-0.39, 0.29) is 6.10 Å². The number of hydrogen-bond donors (Lipinski definition) is 2. The molecule has 2 saturated carbocycles. The van der Waals surface area contributed by atoms with E-state index in [9.17, 15) is 5.11 Å². The third-order valence-corrected chi connectivity index (χ3v) is 3.50. The van der Waals surface area contributed by atoms with Crippen molar-refractivity contribution in [3.63, 3.8) is 0 Å². The fourth-order valence-electron chi connectivity index (χ4n) is 2.12. The average molecular weight is 243 g/mol. The van der Waals surface area contributed by atoms with E-state index in [1.54, 1.807) is 0 Å². The van der Waals surface area contributed by atoms with E-state index in [2.05, 4.69) is 5.32 Å². The number of hydrogen-bond acceptors (Lipinski definition) is 4. The molecule has 1 atom stereocenters. The first-order chi connectivity index (χ1) is 8.28. The zero-order valence-corrected chi connectivity index (χ0v) is 10.7. The highest BCUT2D eigenvalue weighted by Crippen LogP contribution is 2.28. The van der Waals surface area contributed by atoms with Gasteiger partial charge in [0.15, 0.2) is 0 Å². The normalized spacial score (nSPS) is 30.0. The van der Waals surface area contributed by atoms with Crippen molar-refractivity contribution in [3.8, 4) is 0 Å². The van der Waals surface area contributed by atoms with E-state index in [1.807, 2.05) is 6.92 Å². The molecule has 0 aliphatic heterocycles. The van der Waals surface area contributed by atoms with Crippen LogP contribution in [0.2, 0.25) is 0 Å². The van der Waals surface area contributed by atoms with Gasteiger partial charge in [0.1, 0.15) is 0 Å². The van der Waals surface area contributed by atoms with E-state index < -0.39 is 0 Å². The van der Waals surface area contributed by atoms with Crippen LogP contribution in [0.1, 0.15) is 32.6 Å². The quantitative estimate of drug-likeness (QED) is 0.632. The van der Waals surface area contributed by atoms with Gasteiger partial charge in [-0.25, -0.2) is 0 Å². The Morgan fingerprint density at radius 2 is 2.12 bits per heavy atom. The van der Waals surface area contributed by atoms with Crippen LogP contribution in [0.25, 0.3) is 0 Å². The molecule has 0 aromatic rings. The van der Waals surface area contributed by atoms with Gasteiger partial charge in [0, 0.05) is 25.8 Å². The van der Waals surface area contributed by atoms with Crippen molar-refractivity contribution >= 4 is 0 Å². The third-order valence-electron chi connectivity index (χ3n) is 3.50. The molecule has 0 amide bonds. The molecule has 2 N–H and O–H groups in total. The standard InChI is InChI=1S/C13H25NO3/c1-2-17-13-5-11(6-13)14-7-12(15)9-16-8-10-3-4-10/h10-15H,2-9H2,1H3. The lowest BCUT2D eigenvalue weighted by molar-refractivity contribution is -0.0167. The number of ether oxygens (including phenoxy) is 2. The lowest BCUT2D eigenvalue weighted by Crippen LogP contribution is -2.48. The SMILES string of the molecule is CCOC1CC(NCC(O)COCC2CC2)C1. The molecule has 0 bridgehead atoms. The van der Waals surface area contributed by atoms with E-state index in [0.717, 1.165) is 32.0 Å². The van der Waals surface area contributed by atoms with E-state index in [1.165, 1.54) is 12.8 Å². The fraction of sp³-hybridized carbons (Fsp3) is 1.00. The summed E-state index contributed by atoms with van der Waals surface area (Å²) < 4.78 is 10.9. The summed E-state index contributed by atoms with van der Waals surface area (Å²) in [7, 11) is 0. The first-order valence-corrected chi connectivity index (χ1v) is 6.88. The Balaban J connectivity index is 1.42. The Bertz CT molecular complexity index is 215. The Labute approximate surface area is 104 Å². The highest BCUT2D eigenvalue weighted by Gasteiger charge is 2.29. The molecule has 0 spiro atoms. The maximum absolute atomic E-state index is 9.70. The van der Waals surface area contributed by atoms with Gasteiger partial charge >= 0.3 is 0 Å². The van der Waals surface area contributed by atoms with Gasteiger partial charge < -0.3 is 19.9 Å². The van der Waals surface area contributed by atoms with Gasteiger partial charge in [-0.15, -0.1) is 0 Å². The molecule has 4 heteroatoms. The Kier molecular flexibility index (Phi) is 5.22. The molecule has 0 heterocycles. The topological polar surface area (TPSA) is 50.7 Å². The van der Waals surface area contributed by atoms with Gasteiger partial charge in [0.2, 0.25) is 0 Å². The molecule has 2 fully saturated rings. The van der Waals surface area contributed by atoms with Crippen LogP contribution in [-0.2, 0) is 9.47 Å². The van der Waals surface area contributed by atoms with Gasteiger partial charge in [-0.3, -0.25) is 0 Å². The molecule has 0 radical (unpaired) electrons. The summed E-state index contributed by atoms with van der Waals surface area (Å²) >= 11 is 0. The molecular weight excluding hydrogens is 218 g/mol. The number of aliphatic hydroxyl groups excluding tert-OH is 1. The summed E-state index contributed by atoms with van der Waals surface area (Å²) in [4.78, 5) is 0. The fourth-order valence-corrected chi connectivity index (χ4v) is 2.12. The van der Waals surface area contributed by atoms with Crippen molar-refractivity contribution in [1.82, 2.24) is 5.32 Å². The van der Waals surface area contributed by atoms with E-state index in [0.29, 0.717) is 25.3 Å². The average Bonchev–Trinajstić information content (AvgIpc) is 3.05. The zero-order chi connectivity index (χ0) is 12.1. The Hall–Kier alpha value is -0.160. The van der Waals surface area contributed by atoms with Crippen molar-refractivity contribution in [2.24, 2.45) is 5.92 Å². The molecule has 0 aromatic heterocycles. The molecule has 2 aliphatic rings. The van der Waals surface area contributed by atoms with Crippen LogP contribution < -0.4 is 5.32 Å². The molecule has 1 unspecified atom stereocenters. The maximum atomic E-state index is 9.70. The van der Waals surface area contributed by atoms with Crippen molar-refractivity contribution in [2.75, 3.05) is 26.4 Å². The maximum Gasteiger partial charge on any atom is 0.0897 e. The second kappa shape index (κ2) is 6.69. The Morgan fingerprint density at radius 1 is 1.35 bits per heavy atom. The number of rotatable bonds is 9. The van der Waals surface area contributed by atoms with Crippen LogP contribution in [0.15, 0.2) is 0 Å². The molecule has 17 heavy (non-hydrogen) atoms. The van der Waals surface area contributed by atoms with Gasteiger partial charge in [0.05, 0.1) is 18.8 Å². The van der Waals surface area contributed by atoms with Crippen LogP contribution >= 0.6 is 0 Å². The Morgan fingerprint density at radius 3 is 2.76 bits per heavy atom. The van der Waals surface area contributed by atoms with Crippen LogP contribution in [0.3, 0.4) is 0 Å². The summed E-state index contributed by atoms with van der Waals surface area (Å²) in [6.07, 6.45) is 4.80. The van der Waals surface area contributed by atoms with Gasteiger partial charge in [-0.2, -0.15) is 0 Å². The molecule has 0 aromatic carbocycles. The second-order valence-corrected chi connectivity index (χ2v) is 5.29. The minimum Gasteiger partial charge on any atom is -0.389 e. The summed E-state index contributed by atoms with van der Waals surface area (Å²) in [5, 5.41) is 13.1. The summed E-state index contributed by atoms with van der Waals surface area (Å²) in [5.41, 5.74) is 0. The predicted octanol–water partition coefficient (Wildman–Crippen LogP) is 0.931. The molecule has 2 rings (SSSR count). The molecule has 0 saturated heterocycles. The van der Waals surface area contributed by atoms with Crippen molar-refractivity contribution < 1.29 is 14.6 Å². The molecule has 100 valence electrons. The van der Waals surface area contributed by atoms with Crippen molar-refractivity contribution in [1.29, 1.82) is 0 Å². The zero-order valence-electron chi connectivity index (χ0n) is 10.7. The van der Waals surface area contributed by atoms with Gasteiger partial charge in [-0.05, 0) is 38.5 Å². The first kappa shape index (κ1) is 13.3. The lowest BCUT2D eigenvalue weighted by Gasteiger charge is -2.36. The number of aliphatic hydroxyl groups is 1.